The van der Waals surface area contributed by atoms with Crippen LogP contribution in [0.15, 0.2) is 24.3 Å². The number of aromatic nitrogens is 1. The van der Waals surface area contributed by atoms with Crippen LogP contribution in [0.1, 0.15) is 49.6 Å². The van der Waals surface area contributed by atoms with Crippen molar-refractivity contribution in [2.24, 2.45) is 5.92 Å². The second kappa shape index (κ2) is 8.05. The number of aliphatic hydroxyl groups is 2. The van der Waals surface area contributed by atoms with Crippen LogP contribution >= 0.6 is 11.3 Å². The quantitative estimate of drug-likeness (QED) is 0.750. The Morgan fingerprint density at radius 1 is 1.25 bits per heavy atom. The zero-order valence-electron chi connectivity index (χ0n) is 13.6. The Kier molecular flexibility index (Phi) is 5.81. The van der Waals surface area contributed by atoms with Crippen molar-refractivity contribution < 1.29 is 15.0 Å². The Balaban J connectivity index is 1.52. The minimum Gasteiger partial charge on any atom is -0.383 e. The highest BCUT2D eigenvalue weighted by atomic mass is 32.1. The highest BCUT2D eigenvalue weighted by Gasteiger charge is 2.28. The molecule has 24 heavy (non-hydrogen) atoms. The third-order valence-electron chi connectivity index (χ3n) is 4.71. The molecule has 2 atom stereocenters. The van der Waals surface area contributed by atoms with E-state index in [-0.39, 0.29) is 0 Å². The van der Waals surface area contributed by atoms with Gasteiger partial charge in [-0.25, -0.2) is 4.98 Å². The summed E-state index contributed by atoms with van der Waals surface area (Å²) in [7, 11) is 0. The summed E-state index contributed by atoms with van der Waals surface area (Å²) in [6.07, 6.45) is 4.48. The van der Waals surface area contributed by atoms with Gasteiger partial charge in [-0.3, -0.25) is 4.79 Å². The molecular formula is C18H24N2O3S. The molecule has 5 nitrogen and oxygen atoms in total. The third kappa shape index (κ3) is 4.12. The molecular weight excluding hydrogens is 324 g/mol. The van der Waals surface area contributed by atoms with Crippen molar-refractivity contribution >= 4 is 27.5 Å². The fourth-order valence-electron chi connectivity index (χ4n) is 3.27. The molecule has 2 aromatic rings. The van der Waals surface area contributed by atoms with E-state index in [2.05, 4.69) is 10.3 Å². The van der Waals surface area contributed by atoms with Crippen molar-refractivity contribution in [3.8, 4) is 0 Å². The fraction of sp³-hybridized carbons (Fsp3) is 0.556. The summed E-state index contributed by atoms with van der Waals surface area (Å²) < 4.78 is 0.927. The van der Waals surface area contributed by atoms with Gasteiger partial charge in [0.25, 0.3) is 5.91 Å². The van der Waals surface area contributed by atoms with Crippen molar-refractivity contribution in [2.75, 3.05) is 6.54 Å². The summed E-state index contributed by atoms with van der Waals surface area (Å²) in [5.41, 5.74) is 0.765. The lowest BCUT2D eigenvalue weighted by Gasteiger charge is -2.22. The van der Waals surface area contributed by atoms with Crippen molar-refractivity contribution in [2.45, 2.75) is 50.7 Å². The SMILES string of the molecule is O=C(NCCC1CCCCC1)C(O)C(O)c1nc2ccccc2s1. The van der Waals surface area contributed by atoms with Gasteiger partial charge in [0.15, 0.2) is 6.10 Å². The summed E-state index contributed by atoms with van der Waals surface area (Å²) >= 11 is 1.30. The van der Waals surface area contributed by atoms with E-state index in [9.17, 15) is 15.0 Å². The summed E-state index contributed by atoms with van der Waals surface area (Å²) in [4.78, 5) is 16.4. The van der Waals surface area contributed by atoms with Crippen molar-refractivity contribution in [3.63, 3.8) is 0 Å². The maximum atomic E-state index is 12.1. The normalized spacial score (nSPS) is 18.4. The van der Waals surface area contributed by atoms with Gasteiger partial charge in [0.05, 0.1) is 10.2 Å². The molecule has 0 aliphatic heterocycles. The van der Waals surface area contributed by atoms with Gasteiger partial charge in [0.2, 0.25) is 0 Å². The van der Waals surface area contributed by atoms with E-state index < -0.39 is 18.1 Å². The Hall–Kier alpha value is -1.50. The first-order valence-electron chi connectivity index (χ1n) is 8.64. The van der Waals surface area contributed by atoms with Crippen LogP contribution in [-0.4, -0.2) is 33.8 Å². The van der Waals surface area contributed by atoms with Gasteiger partial charge < -0.3 is 15.5 Å². The van der Waals surface area contributed by atoms with Crippen LogP contribution in [-0.2, 0) is 4.79 Å². The summed E-state index contributed by atoms with van der Waals surface area (Å²) in [5.74, 6) is 0.142. The smallest absolute Gasteiger partial charge is 0.252 e. The van der Waals surface area contributed by atoms with Gasteiger partial charge in [-0.05, 0) is 24.5 Å². The minimum absolute atomic E-state index is 0.367. The minimum atomic E-state index is -1.49. The third-order valence-corrected chi connectivity index (χ3v) is 5.81. The van der Waals surface area contributed by atoms with E-state index >= 15 is 0 Å². The lowest BCUT2D eigenvalue weighted by atomic mass is 9.87. The number of thiazole rings is 1. The number of rotatable bonds is 6. The monoisotopic (exact) mass is 348 g/mol. The number of amides is 1. The van der Waals surface area contributed by atoms with Gasteiger partial charge in [-0.2, -0.15) is 0 Å². The number of nitrogens with one attached hydrogen (secondary N) is 1. The first kappa shape index (κ1) is 17.3. The van der Waals surface area contributed by atoms with Gasteiger partial charge in [-0.1, -0.05) is 44.2 Å². The van der Waals surface area contributed by atoms with Gasteiger partial charge in [-0.15, -0.1) is 11.3 Å². The largest absolute Gasteiger partial charge is 0.383 e. The molecule has 0 radical (unpaired) electrons. The van der Waals surface area contributed by atoms with E-state index in [0.29, 0.717) is 17.5 Å². The lowest BCUT2D eigenvalue weighted by Crippen LogP contribution is -2.39. The van der Waals surface area contributed by atoms with Crippen molar-refractivity contribution in [1.29, 1.82) is 0 Å². The van der Waals surface area contributed by atoms with Crippen LogP contribution in [0.3, 0.4) is 0 Å². The van der Waals surface area contributed by atoms with Gasteiger partial charge in [0.1, 0.15) is 11.1 Å². The Bertz CT molecular complexity index is 649. The lowest BCUT2D eigenvalue weighted by molar-refractivity contribution is -0.135. The molecule has 1 heterocycles. The molecule has 1 saturated carbocycles. The van der Waals surface area contributed by atoms with E-state index in [1.165, 1.54) is 43.4 Å². The Labute approximate surface area is 145 Å². The number of para-hydroxylation sites is 1. The topological polar surface area (TPSA) is 82.5 Å². The number of benzene rings is 1. The molecule has 0 bridgehead atoms. The molecule has 1 aromatic heterocycles. The van der Waals surface area contributed by atoms with Crippen molar-refractivity contribution in [3.05, 3.63) is 29.3 Å². The fourth-order valence-corrected chi connectivity index (χ4v) is 4.26. The molecule has 3 rings (SSSR count). The molecule has 0 saturated heterocycles. The molecule has 1 amide bonds. The average molecular weight is 348 g/mol. The Morgan fingerprint density at radius 2 is 2.00 bits per heavy atom. The number of carbonyl (C=O) groups is 1. The molecule has 130 valence electrons. The molecule has 2 unspecified atom stereocenters. The molecule has 0 spiro atoms. The van der Waals surface area contributed by atoms with Crippen LogP contribution in [0.25, 0.3) is 10.2 Å². The first-order valence-corrected chi connectivity index (χ1v) is 9.46. The van der Waals surface area contributed by atoms with E-state index in [1.54, 1.807) is 0 Å². The van der Waals surface area contributed by atoms with E-state index in [1.807, 2.05) is 24.3 Å². The first-order chi connectivity index (χ1) is 11.6. The summed E-state index contributed by atoms with van der Waals surface area (Å²) in [6.45, 7) is 0.549. The molecule has 1 aliphatic rings. The molecule has 6 heteroatoms. The molecule has 3 N–H and O–H groups in total. The molecule has 1 fully saturated rings. The van der Waals surface area contributed by atoms with E-state index in [0.717, 1.165) is 16.6 Å². The zero-order valence-corrected chi connectivity index (χ0v) is 14.5. The van der Waals surface area contributed by atoms with Crippen LogP contribution in [0, 0.1) is 5.92 Å². The molecule has 1 aliphatic carbocycles. The number of fused-ring (bicyclic) bond motifs is 1. The Morgan fingerprint density at radius 3 is 2.75 bits per heavy atom. The summed E-state index contributed by atoms with van der Waals surface area (Å²) in [5, 5.41) is 23.5. The zero-order chi connectivity index (χ0) is 16.9. The predicted molar refractivity (Wildman–Crippen MR) is 94.8 cm³/mol. The highest BCUT2D eigenvalue weighted by Crippen LogP contribution is 2.28. The number of nitrogens with zero attached hydrogens (tertiary/aromatic N) is 1. The van der Waals surface area contributed by atoms with E-state index in [4.69, 9.17) is 0 Å². The standard InChI is InChI=1S/C18H24N2O3S/c21-15(17(23)19-11-10-12-6-2-1-3-7-12)16(22)18-20-13-8-4-5-9-14(13)24-18/h4-5,8-9,12,15-16,21-22H,1-3,6-7,10-11H2,(H,19,23). The maximum Gasteiger partial charge on any atom is 0.252 e. The summed E-state index contributed by atoms with van der Waals surface area (Å²) in [6, 6.07) is 7.51. The number of carbonyl (C=O) groups excluding carboxylic acids is 1. The molecule has 1 aromatic carbocycles. The predicted octanol–water partition coefficient (Wildman–Crippen LogP) is 2.78. The van der Waals surface area contributed by atoms with Crippen LogP contribution in [0.2, 0.25) is 0 Å². The van der Waals surface area contributed by atoms with Crippen LogP contribution in [0.4, 0.5) is 0 Å². The average Bonchev–Trinajstić information content (AvgIpc) is 3.05. The van der Waals surface area contributed by atoms with Gasteiger partial charge in [0, 0.05) is 6.54 Å². The van der Waals surface area contributed by atoms with Gasteiger partial charge >= 0.3 is 0 Å². The van der Waals surface area contributed by atoms with Crippen molar-refractivity contribution in [1.82, 2.24) is 10.3 Å². The number of hydrogen-bond donors (Lipinski definition) is 3. The second-order valence-corrected chi connectivity index (χ2v) is 7.56. The number of aliphatic hydroxyl groups excluding tert-OH is 2. The second-order valence-electron chi connectivity index (χ2n) is 6.49. The van der Waals surface area contributed by atoms with Crippen LogP contribution in [0.5, 0.6) is 0 Å². The maximum absolute atomic E-state index is 12.1. The van der Waals surface area contributed by atoms with Crippen LogP contribution < -0.4 is 5.32 Å². The highest BCUT2D eigenvalue weighted by molar-refractivity contribution is 7.18. The number of hydrogen-bond acceptors (Lipinski definition) is 5.